The molecule has 0 radical (unpaired) electrons. The highest BCUT2D eigenvalue weighted by Gasteiger charge is 2.19. The third-order valence-electron chi connectivity index (χ3n) is 3.17. The van der Waals surface area contributed by atoms with Crippen LogP contribution in [0.2, 0.25) is 0 Å². The van der Waals surface area contributed by atoms with E-state index in [2.05, 4.69) is 36.9 Å². The van der Waals surface area contributed by atoms with Gasteiger partial charge in [-0.3, -0.25) is 4.90 Å². The first kappa shape index (κ1) is 12.6. The molecular formula is C14H22N2O. The van der Waals surface area contributed by atoms with Gasteiger partial charge < -0.3 is 10.5 Å². The number of hydrogen-bond acceptors (Lipinski definition) is 3. The molecule has 1 atom stereocenters. The summed E-state index contributed by atoms with van der Waals surface area (Å²) in [7, 11) is 0. The third-order valence-corrected chi connectivity index (χ3v) is 3.17. The van der Waals surface area contributed by atoms with Gasteiger partial charge >= 0.3 is 0 Å². The Bertz CT molecular complexity index is 358. The van der Waals surface area contributed by atoms with Crippen molar-refractivity contribution in [2.45, 2.75) is 26.5 Å². The SMILES string of the molecule is Cc1cc(C)cc(CN2CCOC(CN)C2)c1. The molecule has 17 heavy (non-hydrogen) atoms. The topological polar surface area (TPSA) is 38.5 Å². The molecule has 0 amide bonds. The molecule has 0 bridgehead atoms. The maximum absolute atomic E-state index is 5.66. The number of nitrogens with two attached hydrogens (primary N) is 1. The lowest BCUT2D eigenvalue weighted by molar-refractivity contribution is -0.0260. The molecule has 1 aliphatic rings. The quantitative estimate of drug-likeness (QED) is 0.860. The Morgan fingerprint density at radius 2 is 2.00 bits per heavy atom. The molecule has 1 aliphatic heterocycles. The summed E-state index contributed by atoms with van der Waals surface area (Å²) in [6.07, 6.45) is 0.203. The molecular weight excluding hydrogens is 212 g/mol. The molecule has 3 heteroatoms. The van der Waals surface area contributed by atoms with Crippen molar-refractivity contribution in [2.75, 3.05) is 26.2 Å². The fraction of sp³-hybridized carbons (Fsp3) is 0.571. The molecule has 1 fully saturated rings. The summed E-state index contributed by atoms with van der Waals surface area (Å²) in [6.45, 7) is 8.67. The Hall–Kier alpha value is -0.900. The van der Waals surface area contributed by atoms with Gasteiger partial charge in [-0.1, -0.05) is 29.3 Å². The first-order valence-electron chi connectivity index (χ1n) is 6.28. The minimum atomic E-state index is 0.203. The van der Waals surface area contributed by atoms with Crippen molar-refractivity contribution in [2.24, 2.45) is 5.73 Å². The summed E-state index contributed by atoms with van der Waals surface area (Å²) < 4.78 is 5.58. The number of benzene rings is 1. The predicted molar refractivity (Wildman–Crippen MR) is 70.0 cm³/mol. The van der Waals surface area contributed by atoms with Crippen molar-refractivity contribution < 1.29 is 4.74 Å². The van der Waals surface area contributed by atoms with Gasteiger partial charge in [0.15, 0.2) is 0 Å². The maximum atomic E-state index is 5.66. The molecule has 0 aromatic heterocycles. The van der Waals surface area contributed by atoms with Crippen LogP contribution in [0.1, 0.15) is 16.7 Å². The molecule has 2 N–H and O–H groups in total. The average Bonchev–Trinajstić information content (AvgIpc) is 2.28. The van der Waals surface area contributed by atoms with Gasteiger partial charge in [-0.25, -0.2) is 0 Å². The second kappa shape index (κ2) is 5.63. The lowest BCUT2D eigenvalue weighted by Gasteiger charge is -2.32. The second-order valence-electron chi connectivity index (χ2n) is 4.96. The van der Waals surface area contributed by atoms with Crippen LogP contribution < -0.4 is 5.73 Å². The second-order valence-corrected chi connectivity index (χ2v) is 4.96. The number of hydrogen-bond donors (Lipinski definition) is 1. The van der Waals surface area contributed by atoms with Crippen LogP contribution >= 0.6 is 0 Å². The van der Waals surface area contributed by atoms with Crippen molar-refractivity contribution in [1.29, 1.82) is 0 Å². The van der Waals surface area contributed by atoms with E-state index >= 15 is 0 Å². The zero-order chi connectivity index (χ0) is 12.3. The van der Waals surface area contributed by atoms with E-state index in [0.29, 0.717) is 6.54 Å². The van der Waals surface area contributed by atoms with Crippen molar-refractivity contribution >= 4 is 0 Å². The zero-order valence-electron chi connectivity index (χ0n) is 10.8. The Labute approximate surface area is 104 Å². The molecule has 0 aliphatic carbocycles. The van der Waals surface area contributed by atoms with Crippen LogP contribution in [0.3, 0.4) is 0 Å². The van der Waals surface area contributed by atoms with Crippen LogP contribution in [-0.2, 0) is 11.3 Å². The van der Waals surface area contributed by atoms with E-state index < -0.39 is 0 Å². The highest BCUT2D eigenvalue weighted by atomic mass is 16.5. The third kappa shape index (κ3) is 3.53. The summed E-state index contributed by atoms with van der Waals surface area (Å²) in [5.74, 6) is 0. The van der Waals surface area contributed by atoms with E-state index in [1.54, 1.807) is 0 Å². The van der Waals surface area contributed by atoms with E-state index in [0.717, 1.165) is 26.2 Å². The van der Waals surface area contributed by atoms with Crippen molar-refractivity contribution in [3.63, 3.8) is 0 Å². The first-order chi connectivity index (χ1) is 8.17. The van der Waals surface area contributed by atoms with E-state index in [1.165, 1.54) is 16.7 Å². The monoisotopic (exact) mass is 234 g/mol. The van der Waals surface area contributed by atoms with Gasteiger partial charge in [0.05, 0.1) is 12.7 Å². The van der Waals surface area contributed by atoms with E-state index in [4.69, 9.17) is 10.5 Å². The molecule has 0 spiro atoms. The number of rotatable bonds is 3. The van der Waals surface area contributed by atoms with Crippen molar-refractivity contribution in [3.8, 4) is 0 Å². The van der Waals surface area contributed by atoms with Crippen LogP contribution in [0, 0.1) is 13.8 Å². The average molecular weight is 234 g/mol. The summed E-state index contributed by atoms with van der Waals surface area (Å²) >= 11 is 0. The number of nitrogens with zero attached hydrogens (tertiary/aromatic N) is 1. The van der Waals surface area contributed by atoms with E-state index in [9.17, 15) is 0 Å². The fourth-order valence-corrected chi connectivity index (χ4v) is 2.49. The smallest absolute Gasteiger partial charge is 0.0824 e. The normalized spacial score (nSPS) is 21.7. The Morgan fingerprint density at radius 3 is 2.65 bits per heavy atom. The van der Waals surface area contributed by atoms with Crippen LogP contribution in [0.15, 0.2) is 18.2 Å². The van der Waals surface area contributed by atoms with Gasteiger partial charge in [-0.05, 0) is 19.4 Å². The van der Waals surface area contributed by atoms with Gasteiger partial charge in [0.2, 0.25) is 0 Å². The fourth-order valence-electron chi connectivity index (χ4n) is 2.49. The van der Waals surface area contributed by atoms with Gasteiger partial charge in [-0.2, -0.15) is 0 Å². The summed E-state index contributed by atoms with van der Waals surface area (Å²) in [5, 5.41) is 0. The largest absolute Gasteiger partial charge is 0.374 e. The molecule has 1 aromatic carbocycles. The van der Waals surface area contributed by atoms with Crippen LogP contribution in [0.25, 0.3) is 0 Å². The summed E-state index contributed by atoms with van der Waals surface area (Å²) in [6, 6.07) is 6.74. The lowest BCUT2D eigenvalue weighted by Crippen LogP contribution is -2.45. The van der Waals surface area contributed by atoms with E-state index in [1.807, 2.05) is 0 Å². The highest BCUT2D eigenvalue weighted by Crippen LogP contribution is 2.13. The van der Waals surface area contributed by atoms with E-state index in [-0.39, 0.29) is 6.10 Å². The number of morpholine rings is 1. The van der Waals surface area contributed by atoms with Crippen LogP contribution in [0.4, 0.5) is 0 Å². The number of ether oxygens (including phenoxy) is 1. The molecule has 2 rings (SSSR count). The zero-order valence-corrected chi connectivity index (χ0v) is 10.8. The Morgan fingerprint density at radius 1 is 1.29 bits per heavy atom. The summed E-state index contributed by atoms with van der Waals surface area (Å²) in [4.78, 5) is 2.43. The van der Waals surface area contributed by atoms with Gasteiger partial charge in [0.25, 0.3) is 0 Å². The maximum Gasteiger partial charge on any atom is 0.0824 e. The van der Waals surface area contributed by atoms with Gasteiger partial charge in [0, 0.05) is 26.2 Å². The van der Waals surface area contributed by atoms with Crippen LogP contribution in [-0.4, -0.2) is 37.2 Å². The molecule has 1 heterocycles. The lowest BCUT2D eigenvalue weighted by atomic mass is 10.1. The molecule has 1 aromatic rings. The minimum absolute atomic E-state index is 0.203. The molecule has 3 nitrogen and oxygen atoms in total. The van der Waals surface area contributed by atoms with Gasteiger partial charge in [0.1, 0.15) is 0 Å². The molecule has 1 unspecified atom stereocenters. The summed E-state index contributed by atoms with van der Waals surface area (Å²) in [5.41, 5.74) is 9.72. The highest BCUT2D eigenvalue weighted by molar-refractivity contribution is 5.28. The standard InChI is InChI=1S/C14H22N2O/c1-11-5-12(2)7-13(6-11)9-16-3-4-17-14(8-15)10-16/h5-7,14H,3-4,8-10,15H2,1-2H3. The van der Waals surface area contributed by atoms with Crippen molar-refractivity contribution in [1.82, 2.24) is 4.90 Å². The minimum Gasteiger partial charge on any atom is -0.374 e. The molecule has 1 saturated heterocycles. The first-order valence-corrected chi connectivity index (χ1v) is 6.28. The van der Waals surface area contributed by atoms with Crippen molar-refractivity contribution in [3.05, 3.63) is 34.9 Å². The number of aryl methyl sites for hydroxylation is 2. The Balaban J connectivity index is 2.00. The van der Waals surface area contributed by atoms with Crippen LogP contribution in [0.5, 0.6) is 0 Å². The molecule has 94 valence electrons. The Kier molecular flexibility index (Phi) is 4.15. The predicted octanol–water partition coefficient (Wildman–Crippen LogP) is 1.46. The molecule has 0 saturated carbocycles. The van der Waals surface area contributed by atoms with Gasteiger partial charge in [-0.15, -0.1) is 0 Å².